The van der Waals surface area contributed by atoms with Gasteiger partial charge in [0.25, 0.3) is 0 Å². The van der Waals surface area contributed by atoms with Gasteiger partial charge in [0.2, 0.25) is 0 Å². The molecule has 0 fully saturated rings. The molecule has 1 N–H and O–H groups in total. The summed E-state index contributed by atoms with van der Waals surface area (Å²) in [5.74, 6) is -0.172. The molecule has 0 saturated carbocycles. The molecule has 0 spiro atoms. The fourth-order valence-corrected chi connectivity index (χ4v) is 2.77. The van der Waals surface area contributed by atoms with Crippen molar-refractivity contribution in [1.82, 2.24) is 19.2 Å². The van der Waals surface area contributed by atoms with Crippen LogP contribution in [0.15, 0.2) is 16.9 Å². The van der Waals surface area contributed by atoms with Crippen molar-refractivity contribution in [2.75, 3.05) is 0 Å². The van der Waals surface area contributed by atoms with Crippen molar-refractivity contribution in [2.24, 2.45) is 0 Å². The zero-order valence-corrected chi connectivity index (χ0v) is 10.7. The van der Waals surface area contributed by atoms with E-state index in [9.17, 15) is 4.79 Å². The summed E-state index contributed by atoms with van der Waals surface area (Å²) in [6.45, 7) is 2.06. The van der Waals surface area contributed by atoms with Crippen LogP contribution in [0.25, 0.3) is 0 Å². The topological polar surface area (TPSA) is 80.9 Å². The van der Waals surface area contributed by atoms with E-state index in [1.807, 2.05) is 0 Å². The minimum absolute atomic E-state index is 0.224. The number of thiazole rings is 1. The van der Waals surface area contributed by atoms with Crippen LogP contribution in [0.1, 0.15) is 28.8 Å². The molecule has 6 nitrogen and oxygen atoms in total. The number of nitrogens with zero attached hydrogens (tertiary/aromatic N) is 4. The summed E-state index contributed by atoms with van der Waals surface area (Å²) in [7, 11) is 0. The Morgan fingerprint density at radius 3 is 3.06 bits per heavy atom. The number of hydrogen-bond donors (Lipinski definition) is 1. The quantitative estimate of drug-likeness (QED) is 0.894. The van der Waals surface area contributed by atoms with E-state index in [2.05, 4.69) is 22.0 Å². The van der Waals surface area contributed by atoms with Crippen molar-refractivity contribution in [3.05, 3.63) is 23.2 Å². The molecule has 90 valence electrons. The first-order valence-electron chi connectivity index (χ1n) is 4.97. The van der Waals surface area contributed by atoms with Crippen LogP contribution < -0.4 is 0 Å². The minimum Gasteiger partial charge on any atom is -0.477 e. The van der Waals surface area contributed by atoms with E-state index in [4.69, 9.17) is 5.11 Å². The van der Waals surface area contributed by atoms with Gasteiger partial charge < -0.3 is 5.11 Å². The summed E-state index contributed by atoms with van der Waals surface area (Å²) in [5.41, 5.74) is 0. The number of carboxylic acids is 1. The van der Waals surface area contributed by atoms with Gasteiger partial charge in [-0.1, -0.05) is 18.3 Å². The van der Waals surface area contributed by atoms with Crippen molar-refractivity contribution >= 4 is 29.3 Å². The highest BCUT2D eigenvalue weighted by molar-refractivity contribution is 7.99. The number of carbonyl (C=O) groups is 1. The molecule has 0 aliphatic rings. The van der Waals surface area contributed by atoms with Crippen LogP contribution in [-0.4, -0.2) is 30.2 Å². The smallest absolute Gasteiger partial charge is 0.347 e. The molecule has 2 rings (SSSR count). The van der Waals surface area contributed by atoms with Crippen LogP contribution in [0, 0.1) is 0 Å². The Balaban J connectivity index is 2.05. The van der Waals surface area contributed by atoms with Crippen molar-refractivity contribution in [3.8, 4) is 0 Å². The lowest BCUT2D eigenvalue weighted by Crippen LogP contribution is -1.90. The Hall–Kier alpha value is -1.41. The summed E-state index contributed by atoms with van der Waals surface area (Å²) < 4.78 is 2.23. The standard InChI is InChI=1S/C9H10N4O2S2/c1-2-3-7-11-5-13(12-7)17-9-10-4-6(16-9)8(14)15/h4-5H,2-3H2,1H3,(H,14,15). The van der Waals surface area contributed by atoms with Crippen molar-refractivity contribution in [3.63, 3.8) is 0 Å². The minimum atomic E-state index is -0.959. The molecule has 0 aromatic carbocycles. The van der Waals surface area contributed by atoms with E-state index in [0.717, 1.165) is 30.0 Å². The average molecular weight is 270 g/mol. The number of aryl methyl sites for hydroxylation is 1. The van der Waals surface area contributed by atoms with Crippen molar-refractivity contribution < 1.29 is 9.90 Å². The van der Waals surface area contributed by atoms with Gasteiger partial charge in [0.1, 0.15) is 11.2 Å². The summed E-state index contributed by atoms with van der Waals surface area (Å²) in [4.78, 5) is 19.0. The van der Waals surface area contributed by atoms with Crippen molar-refractivity contribution in [1.29, 1.82) is 0 Å². The first kappa shape index (κ1) is 12.1. The molecule has 17 heavy (non-hydrogen) atoms. The molecule has 8 heteroatoms. The maximum absolute atomic E-state index is 10.7. The van der Waals surface area contributed by atoms with E-state index in [-0.39, 0.29) is 4.88 Å². The predicted molar refractivity (Wildman–Crippen MR) is 64.3 cm³/mol. The molecular weight excluding hydrogens is 260 g/mol. The average Bonchev–Trinajstić information content (AvgIpc) is 2.89. The highest BCUT2D eigenvalue weighted by Crippen LogP contribution is 2.24. The molecule has 0 radical (unpaired) electrons. The zero-order chi connectivity index (χ0) is 12.3. The fourth-order valence-electron chi connectivity index (χ4n) is 1.14. The fraction of sp³-hybridized carbons (Fsp3) is 0.333. The normalized spacial score (nSPS) is 10.6. The largest absolute Gasteiger partial charge is 0.477 e. The third-order valence-electron chi connectivity index (χ3n) is 1.86. The van der Waals surface area contributed by atoms with Gasteiger partial charge in [-0.15, -0.1) is 5.10 Å². The number of hydrogen-bond acceptors (Lipinski definition) is 6. The molecule has 0 saturated heterocycles. The first-order valence-corrected chi connectivity index (χ1v) is 6.56. The highest BCUT2D eigenvalue weighted by atomic mass is 32.2. The number of carboxylic acid groups (broad SMARTS) is 1. The van der Waals surface area contributed by atoms with Gasteiger partial charge in [0.05, 0.1) is 6.20 Å². The van der Waals surface area contributed by atoms with Crippen molar-refractivity contribution in [2.45, 2.75) is 24.1 Å². The van der Waals surface area contributed by atoms with Crippen LogP contribution in [0.2, 0.25) is 0 Å². The Labute approximate surface area is 106 Å². The summed E-state index contributed by atoms with van der Waals surface area (Å²) in [5, 5.41) is 13.0. The number of aromatic carboxylic acids is 1. The molecule has 0 unspecified atom stereocenters. The van der Waals surface area contributed by atoms with Crippen LogP contribution in [0.4, 0.5) is 0 Å². The maximum Gasteiger partial charge on any atom is 0.347 e. The summed E-state index contributed by atoms with van der Waals surface area (Å²) >= 11 is 2.38. The maximum atomic E-state index is 10.7. The summed E-state index contributed by atoms with van der Waals surface area (Å²) in [6, 6.07) is 0. The van der Waals surface area contributed by atoms with E-state index in [1.54, 1.807) is 10.4 Å². The molecule has 0 amide bonds. The third-order valence-corrected chi connectivity index (χ3v) is 3.74. The first-order chi connectivity index (χ1) is 8.19. The molecule has 0 atom stereocenters. The van der Waals surface area contributed by atoms with Gasteiger partial charge in [-0.3, -0.25) is 0 Å². The lowest BCUT2D eigenvalue weighted by molar-refractivity contribution is 0.0702. The summed E-state index contributed by atoms with van der Waals surface area (Å²) in [6.07, 6.45) is 4.79. The van der Waals surface area contributed by atoms with Crippen LogP contribution in [-0.2, 0) is 6.42 Å². The molecular formula is C9H10N4O2S2. The lowest BCUT2D eigenvalue weighted by Gasteiger charge is -1.93. The van der Waals surface area contributed by atoms with Gasteiger partial charge in [-0.25, -0.2) is 14.8 Å². The molecule has 2 aromatic heterocycles. The van der Waals surface area contributed by atoms with Gasteiger partial charge in [-0.05, 0) is 6.42 Å². The molecule has 2 heterocycles. The van der Waals surface area contributed by atoms with Crippen LogP contribution in [0.3, 0.4) is 0 Å². The predicted octanol–water partition coefficient (Wildman–Crippen LogP) is 1.94. The Kier molecular flexibility index (Phi) is 3.75. The SMILES string of the molecule is CCCc1ncn(Sc2ncc(C(=O)O)s2)n1. The Bertz CT molecular complexity index is 523. The van der Waals surface area contributed by atoms with E-state index in [1.165, 1.54) is 18.1 Å². The van der Waals surface area contributed by atoms with Crippen LogP contribution >= 0.6 is 23.3 Å². The third kappa shape index (κ3) is 3.04. The highest BCUT2D eigenvalue weighted by Gasteiger charge is 2.10. The van der Waals surface area contributed by atoms with E-state index in [0.29, 0.717) is 4.34 Å². The number of rotatable bonds is 5. The second-order valence-corrected chi connectivity index (χ2v) is 5.43. The molecule has 2 aromatic rings. The van der Waals surface area contributed by atoms with E-state index >= 15 is 0 Å². The molecule has 0 aliphatic heterocycles. The molecule has 0 bridgehead atoms. The van der Waals surface area contributed by atoms with Crippen LogP contribution in [0.5, 0.6) is 0 Å². The number of aromatic nitrogens is 4. The second-order valence-electron chi connectivity index (χ2n) is 3.20. The van der Waals surface area contributed by atoms with Gasteiger partial charge in [0.15, 0.2) is 10.2 Å². The Morgan fingerprint density at radius 1 is 1.59 bits per heavy atom. The van der Waals surface area contributed by atoms with Gasteiger partial charge in [-0.2, -0.15) is 4.09 Å². The van der Waals surface area contributed by atoms with Gasteiger partial charge in [0, 0.05) is 18.4 Å². The van der Waals surface area contributed by atoms with Gasteiger partial charge >= 0.3 is 5.97 Å². The monoisotopic (exact) mass is 270 g/mol. The zero-order valence-electron chi connectivity index (χ0n) is 9.03. The Morgan fingerprint density at radius 2 is 2.41 bits per heavy atom. The van der Waals surface area contributed by atoms with E-state index < -0.39 is 5.97 Å². The second kappa shape index (κ2) is 5.28. The molecule has 0 aliphatic carbocycles. The lowest BCUT2D eigenvalue weighted by atomic mass is 10.3.